The fraction of sp³-hybridized carbons (Fsp3) is 0.444. The molecule has 14 heavy (non-hydrogen) atoms. The summed E-state index contributed by atoms with van der Waals surface area (Å²) in [4.78, 5) is 3.14. The van der Waals surface area contributed by atoms with Crippen LogP contribution in [-0.4, -0.2) is 16.4 Å². The van der Waals surface area contributed by atoms with Crippen molar-refractivity contribution in [3.63, 3.8) is 0 Å². The van der Waals surface area contributed by atoms with Crippen LogP contribution in [0.1, 0.15) is 25.5 Å². The highest BCUT2D eigenvalue weighted by Gasteiger charge is 2.40. The van der Waals surface area contributed by atoms with Crippen LogP contribution in [0.3, 0.4) is 0 Å². The van der Waals surface area contributed by atoms with Crippen molar-refractivity contribution in [2.24, 2.45) is 21.2 Å². The molecule has 5 heteroatoms. The second kappa shape index (κ2) is 2.94. The van der Waals surface area contributed by atoms with Crippen LogP contribution < -0.4 is 5.84 Å². The van der Waals surface area contributed by atoms with Gasteiger partial charge in [-0.3, -0.25) is 0 Å². The molecular weight excluding hydrogens is 178 g/mol. The van der Waals surface area contributed by atoms with Crippen LogP contribution in [-0.2, 0) is 0 Å². The van der Waals surface area contributed by atoms with E-state index in [1.165, 1.54) is 0 Å². The van der Waals surface area contributed by atoms with Gasteiger partial charge in [-0.1, -0.05) is 0 Å². The van der Waals surface area contributed by atoms with Crippen molar-refractivity contribution in [2.75, 3.05) is 0 Å². The molecule has 0 aliphatic carbocycles. The largest absolute Gasteiger partial charge is 0.364 e. The second-order valence-electron chi connectivity index (χ2n) is 3.90. The molecule has 0 fully saturated rings. The van der Waals surface area contributed by atoms with E-state index in [9.17, 15) is 0 Å². The number of hydrogen-bond acceptors (Lipinski definition) is 3. The number of hydrazone groups is 1. The topological polar surface area (TPSA) is 78.9 Å². The Morgan fingerprint density at radius 1 is 1.57 bits per heavy atom. The first-order valence-corrected chi connectivity index (χ1v) is 4.49. The molecule has 0 saturated carbocycles. The minimum atomic E-state index is -0.275. The number of hydrogen-bond donors (Lipinski definition) is 2. The fourth-order valence-corrected chi connectivity index (χ4v) is 1.76. The predicted molar refractivity (Wildman–Crippen MR) is 54.1 cm³/mol. The molecule has 1 aliphatic rings. The lowest BCUT2D eigenvalue weighted by molar-refractivity contribution is 0.492. The lowest BCUT2D eigenvalue weighted by Crippen LogP contribution is -2.28. The summed E-state index contributed by atoms with van der Waals surface area (Å²) in [6, 6.07) is 3.94. The third kappa shape index (κ3) is 1.21. The Morgan fingerprint density at radius 2 is 2.36 bits per heavy atom. The van der Waals surface area contributed by atoms with Gasteiger partial charge in [-0.05, 0) is 26.0 Å². The fourth-order valence-electron chi connectivity index (χ4n) is 1.76. The summed E-state index contributed by atoms with van der Waals surface area (Å²) in [5.74, 6) is 5.88. The van der Waals surface area contributed by atoms with Gasteiger partial charge in [0.25, 0.3) is 0 Å². The van der Waals surface area contributed by atoms with Gasteiger partial charge in [0.1, 0.15) is 0 Å². The maximum Gasteiger partial charge on any atom is 0.181 e. The first kappa shape index (κ1) is 8.93. The number of nitrogens with two attached hydrogens (primary N) is 1. The normalized spacial score (nSPS) is 27.3. The van der Waals surface area contributed by atoms with E-state index >= 15 is 0 Å². The highest BCUT2D eigenvalue weighted by atomic mass is 15.3. The Balaban J connectivity index is 2.43. The highest BCUT2D eigenvalue weighted by molar-refractivity contribution is 5.91. The monoisotopic (exact) mass is 191 g/mol. The zero-order chi connectivity index (χ0) is 10.2. The molecule has 1 aromatic heterocycles. The Bertz CT molecular complexity index is 374. The smallest absolute Gasteiger partial charge is 0.181 e. The molecule has 2 rings (SSSR count). The molecule has 0 aromatic carbocycles. The van der Waals surface area contributed by atoms with E-state index in [0.29, 0.717) is 5.84 Å². The maximum atomic E-state index is 5.27. The second-order valence-corrected chi connectivity index (χ2v) is 3.90. The van der Waals surface area contributed by atoms with Crippen molar-refractivity contribution in [2.45, 2.75) is 25.3 Å². The Hall–Kier alpha value is -1.65. The maximum absolute atomic E-state index is 5.27. The average Bonchev–Trinajstić information content (AvgIpc) is 2.71. The van der Waals surface area contributed by atoms with E-state index in [1.54, 1.807) is 0 Å². The predicted octanol–water partition coefficient (Wildman–Crippen LogP) is 1.61. The van der Waals surface area contributed by atoms with Gasteiger partial charge in [0.15, 0.2) is 5.84 Å². The van der Waals surface area contributed by atoms with Crippen LogP contribution >= 0.6 is 0 Å². The molecule has 3 N–H and O–H groups in total. The molecule has 0 saturated heterocycles. The molecule has 74 valence electrons. The summed E-state index contributed by atoms with van der Waals surface area (Å²) in [5.41, 5.74) is 0.771. The first-order chi connectivity index (χ1) is 6.65. The molecule has 1 unspecified atom stereocenters. The molecule has 1 aromatic rings. The van der Waals surface area contributed by atoms with Gasteiger partial charge >= 0.3 is 0 Å². The number of aromatic nitrogens is 1. The van der Waals surface area contributed by atoms with E-state index in [-0.39, 0.29) is 11.5 Å². The summed E-state index contributed by atoms with van der Waals surface area (Å²) < 4.78 is 0. The lowest BCUT2D eigenvalue weighted by atomic mass is 9.86. The summed E-state index contributed by atoms with van der Waals surface area (Å²) in [6.07, 6.45) is 1.87. The van der Waals surface area contributed by atoms with Crippen LogP contribution in [0, 0.1) is 0 Å². The highest BCUT2D eigenvalue weighted by Crippen LogP contribution is 2.37. The molecule has 0 amide bonds. The standard InChI is InChI=1S/C9H13N5/c1-9(2)7(6-4-3-5-11-6)8(12-10)13-14-9/h3-5,7,11H,10H2,1-2H3. The Morgan fingerprint density at radius 3 is 2.93 bits per heavy atom. The number of nitrogens with one attached hydrogen (secondary N) is 1. The van der Waals surface area contributed by atoms with E-state index < -0.39 is 0 Å². The average molecular weight is 191 g/mol. The number of azo groups is 1. The number of aromatic amines is 1. The molecule has 1 atom stereocenters. The van der Waals surface area contributed by atoms with Gasteiger partial charge in [-0.15, -0.1) is 5.11 Å². The first-order valence-electron chi connectivity index (χ1n) is 4.49. The van der Waals surface area contributed by atoms with Gasteiger partial charge < -0.3 is 10.8 Å². The molecule has 0 bridgehead atoms. The SMILES string of the molecule is CC1(C)N=NC(=NN)C1c1ccc[nH]1. The lowest BCUT2D eigenvalue weighted by Gasteiger charge is -2.21. The summed E-state index contributed by atoms with van der Waals surface area (Å²) in [5, 5.41) is 11.8. The quantitative estimate of drug-likeness (QED) is 0.513. The van der Waals surface area contributed by atoms with Gasteiger partial charge in [0, 0.05) is 11.9 Å². The summed E-state index contributed by atoms with van der Waals surface area (Å²) in [7, 11) is 0. The van der Waals surface area contributed by atoms with Gasteiger partial charge in [0.05, 0.1) is 11.5 Å². The van der Waals surface area contributed by atoms with Crippen LogP contribution in [0.2, 0.25) is 0 Å². The summed E-state index contributed by atoms with van der Waals surface area (Å²) in [6.45, 7) is 4.03. The van der Waals surface area contributed by atoms with E-state index in [2.05, 4.69) is 20.3 Å². The molecule has 5 nitrogen and oxygen atoms in total. The van der Waals surface area contributed by atoms with Crippen LogP contribution in [0.25, 0.3) is 0 Å². The molecule has 0 spiro atoms. The van der Waals surface area contributed by atoms with Gasteiger partial charge in [-0.25, -0.2) is 0 Å². The minimum absolute atomic E-state index is 0.0301. The van der Waals surface area contributed by atoms with E-state index in [4.69, 9.17) is 5.84 Å². The Labute approximate surface area is 82.1 Å². The Kier molecular flexibility index (Phi) is 1.87. The van der Waals surface area contributed by atoms with Crippen LogP contribution in [0.15, 0.2) is 33.7 Å². The van der Waals surface area contributed by atoms with Crippen molar-refractivity contribution in [3.05, 3.63) is 24.0 Å². The van der Waals surface area contributed by atoms with E-state index in [0.717, 1.165) is 5.69 Å². The molecule has 1 aliphatic heterocycles. The van der Waals surface area contributed by atoms with Crippen molar-refractivity contribution >= 4 is 5.84 Å². The van der Waals surface area contributed by atoms with Crippen LogP contribution in [0.4, 0.5) is 0 Å². The molecular formula is C9H13N5. The van der Waals surface area contributed by atoms with Crippen LogP contribution in [0.5, 0.6) is 0 Å². The molecule has 0 radical (unpaired) electrons. The minimum Gasteiger partial charge on any atom is -0.364 e. The third-order valence-electron chi connectivity index (χ3n) is 2.44. The molecule has 2 heterocycles. The number of nitrogens with zero attached hydrogens (tertiary/aromatic N) is 3. The van der Waals surface area contributed by atoms with Crippen molar-refractivity contribution in [3.8, 4) is 0 Å². The summed E-state index contributed by atoms with van der Waals surface area (Å²) >= 11 is 0. The van der Waals surface area contributed by atoms with Crippen molar-refractivity contribution < 1.29 is 0 Å². The number of rotatable bonds is 1. The van der Waals surface area contributed by atoms with Gasteiger partial charge in [-0.2, -0.15) is 10.2 Å². The zero-order valence-corrected chi connectivity index (χ0v) is 8.23. The van der Waals surface area contributed by atoms with Gasteiger partial charge in [0.2, 0.25) is 0 Å². The number of amidine groups is 1. The number of H-pyrrole nitrogens is 1. The third-order valence-corrected chi connectivity index (χ3v) is 2.44. The van der Waals surface area contributed by atoms with E-state index in [1.807, 2.05) is 32.2 Å². The van der Waals surface area contributed by atoms with Crippen molar-refractivity contribution in [1.82, 2.24) is 4.98 Å². The van der Waals surface area contributed by atoms with Crippen molar-refractivity contribution in [1.29, 1.82) is 0 Å². The zero-order valence-electron chi connectivity index (χ0n) is 8.23.